The fraction of sp³-hybridized carbons (Fsp3) is 0.909. The maximum absolute atomic E-state index is 12.9. The van der Waals surface area contributed by atoms with E-state index in [1.54, 1.807) is 20.8 Å². The van der Waals surface area contributed by atoms with E-state index in [0.717, 1.165) is 6.42 Å². The summed E-state index contributed by atoms with van der Waals surface area (Å²) in [4.78, 5) is 25.3. The molecule has 0 aliphatic heterocycles. The lowest BCUT2D eigenvalue weighted by Gasteiger charge is -2.37. The number of rotatable bonds is 0. The van der Waals surface area contributed by atoms with Gasteiger partial charge in [-0.1, -0.05) is 41.0 Å². The van der Waals surface area contributed by atoms with E-state index < -0.39 is 35.2 Å². The van der Waals surface area contributed by atoms with Crippen molar-refractivity contribution in [1.82, 2.24) is 0 Å². The van der Waals surface area contributed by atoms with E-state index in [-0.39, 0.29) is 35.7 Å². The first-order chi connectivity index (χ1) is 12.7. The van der Waals surface area contributed by atoms with Crippen LogP contribution in [0.5, 0.6) is 0 Å². The van der Waals surface area contributed by atoms with Crippen LogP contribution in [0.15, 0.2) is 0 Å². The zero-order valence-electron chi connectivity index (χ0n) is 17.9. The van der Waals surface area contributed by atoms with Crippen LogP contribution in [-0.4, -0.2) is 50.0 Å². The Balaban J connectivity index is 2.21. The number of hydrogen-bond donors (Lipinski definition) is 4. The maximum atomic E-state index is 12.9. The number of hydrogen-bond acceptors (Lipinski definition) is 6. The minimum Gasteiger partial charge on any atom is -0.392 e. The average molecular weight is 399 g/mol. The molecule has 2 aliphatic carbocycles. The molecule has 28 heavy (non-hydrogen) atoms. The number of aliphatic hydroxyl groups is 4. The predicted molar refractivity (Wildman–Crippen MR) is 105 cm³/mol. The second kappa shape index (κ2) is 8.13. The number of carbonyl (C=O) groups is 2. The van der Waals surface area contributed by atoms with Crippen LogP contribution in [0.25, 0.3) is 0 Å². The van der Waals surface area contributed by atoms with Crippen molar-refractivity contribution in [3.05, 3.63) is 0 Å². The molecule has 0 bridgehead atoms. The highest BCUT2D eigenvalue weighted by atomic mass is 16.5. The SMILES string of the molecule is CC1CCCC2(C)C(O)C2CCC(O)C(=O)CCC(C)(C)C(=O)C(C)C1(O)O. The molecule has 0 heterocycles. The van der Waals surface area contributed by atoms with Gasteiger partial charge in [-0.05, 0) is 43.4 Å². The first kappa shape index (κ1) is 23.5. The Kier molecular flexibility index (Phi) is 6.81. The Bertz CT molecular complexity index is 598. The largest absolute Gasteiger partial charge is 0.392 e. The van der Waals surface area contributed by atoms with Gasteiger partial charge in [-0.2, -0.15) is 0 Å². The molecular formula is C22H38O6. The summed E-state index contributed by atoms with van der Waals surface area (Å²) in [6, 6.07) is 0. The molecule has 4 N–H and O–H groups in total. The number of aliphatic hydroxyl groups excluding tert-OH is 2. The lowest BCUT2D eigenvalue weighted by molar-refractivity contribution is -0.230. The molecule has 2 aliphatic rings. The third-order valence-electron chi connectivity index (χ3n) is 7.69. The van der Waals surface area contributed by atoms with Crippen molar-refractivity contribution in [3.63, 3.8) is 0 Å². The van der Waals surface area contributed by atoms with Crippen LogP contribution in [-0.2, 0) is 9.59 Å². The molecule has 6 nitrogen and oxygen atoms in total. The summed E-state index contributed by atoms with van der Waals surface area (Å²) in [5, 5.41) is 41.9. The van der Waals surface area contributed by atoms with Crippen LogP contribution in [0.1, 0.15) is 79.6 Å². The number of carbonyl (C=O) groups excluding carboxylic acids is 2. The van der Waals surface area contributed by atoms with Crippen molar-refractivity contribution in [2.45, 2.75) is 97.6 Å². The third kappa shape index (κ3) is 4.50. The number of fused-ring (bicyclic) bond motifs is 1. The van der Waals surface area contributed by atoms with Crippen LogP contribution in [0, 0.1) is 28.6 Å². The van der Waals surface area contributed by atoms with Gasteiger partial charge in [-0.15, -0.1) is 0 Å². The van der Waals surface area contributed by atoms with Crippen molar-refractivity contribution >= 4 is 11.6 Å². The van der Waals surface area contributed by atoms with Crippen LogP contribution < -0.4 is 0 Å². The van der Waals surface area contributed by atoms with E-state index >= 15 is 0 Å². The lowest BCUT2D eigenvalue weighted by Crippen LogP contribution is -2.49. The summed E-state index contributed by atoms with van der Waals surface area (Å²) in [6.07, 6.45) is 1.68. The standard InChI is InChI=1S/C22H38O6/c1-13-7-6-11-21(5)15(19(21)26)8-9-16(23)17(24)10-12-20(3,4)18(25)14(2)22(13,27)28/h13-16,19,23,26-28H,6-12H2,1-5H3. The van der Waals surface area contributed by atoms with E-state index in [1.165, 1.54) is 6.92 Å². The van der Waals surface area contributed by atoms with Gasteiger partial charge in [0.25, 0.3) is 0 Å². The molecule has 2 saturated carbocycles. The molecule has 162 valence electrons. The highest BCUT2D eigenvalue weighted by Gasteiger charge is 2.59. The molecule has 6 heteroatoms. The molecule has 2 fully saturated rings. The summed E-state index contributed by atoms with van der Waals surface area (Å²) in [7, 11) is 0. The van der Waals surface area contributed by atoms with Gasteiger partial charge < -0.3 is 20.4 Å². The van der Waals surface area contributed by atoms with Gasteiger partial charge in [0, 0.05) is 17.8 Å². The molecule has 0 aromatic carbocycles. The Morgan fingerprint density at radius 3 is 2.14 bits per heavy atom. The van der Waals surface area contributed by atoms with Crippen LogP contribution in [0.2, 0.25) is 0 Å². The van der Waals surface area contributed by atoms with E-state index in [2.05, 4.69) is 0 Å². The topological polar surface area (TPSA) is 115 Å². The molecule has 0 amide bonds. The quantitative estimate of drug-likeness (QED) is 0.465. The molecular weight excluding hydrogens is 360 g/mol. The normalized spacial score (nSPS) is 42.7. The monoisotopic (exact) mass is 398 g/mol. The third-order valence-corrected chi connectivity index (χ3v) is 7.69. The molecule has 0 aromatic rings. The fourth-order valence-corrected chi connectivity index (χ4v) is 4.89. The van der Waals surface area contributed by atoms with E-state index in [1.807, 2.05) is 6.92 Å². The highest BCUT2D eigenvalue weighted by Crippen LogP contribution is 2.58. The Morgan fingerprint density at radius 1 is 0.929 bits per heavy atom. The maximum Gasteiger partial charge on any atom is 0.174 e. The van der Waals surface area contributed by atoms with E-state index in [0.29, 0.717) is 25.7 Å². The molecule has 6 unspecified atom stereocenters. The predicted octanol–water partition coefficient (Wildman–Crippen LogP) is 2.21. The Labute approximate surface area is 168 Å². The fourth-order valence-electron chi connectivity index (χ4n) is 4.89. The molecule has 2 rings (SSSR count). The molecule has 0 spiro atoms. The van der Waals surface area contributed by atoms with Crippen molar-refractivity contribution in [1.29, 1.82) is 0 Å². The first-order valence-corrected chi connectivity index (χ1v) is 10.6. The summed E-state index contributed by atoms with van der Waals surface area (Å²) < 4.78 is 0. The van der Waals surface area contributed by atoms with Crippen LogP contribution in [0.3, 0.4) is 0 Å². The second-order valence-corrected chi connectivity index (χ2v) is 10.2. The minimum absolute atomic E-state index is 0.0584. The van der Waals surface area contributed by atoms with E-state index in [9.17, 15) is 30.0 Å². The summed E-state index contributed by atoms with van der Waals surface area (Å²) in [5.41, 5.74) is -1.15. The summed E-state index contributed by atoms with van der Waals surface area (Å²) in [6.45, 7) is 8.69. The highest BCUT2D eigenvalue weighted by molar-refractivity contribution is 5.88. The number of Topliss-reactive ketones (excluding diaryl/α,β-unsaturated/α-hetero) is 2. The van der Waals surface area contributed by atoms with Crippen molar-refractivity contribution < 1.29 is 30.0 Å². The molecule has 6 atom stereocenters. The Hall–Kier alpha value is -0.820. The zero-order chi connectivity index (χ0) is 21.5. The van der Waals surface area contributed by atoms with Gasteiger partial charge in [-0.3, -0.25) is 9.59 Å². The van der Waals surface area contributed by atoms with Crippen molar-refractivity contribution in [2.24, 2.45) is 28.6 Å². The van der Waals surface area contributed by atoms with E-state index in [4.69, 9.17) is 0 Å². The molecule has 0 radical (unpaired) electrons. The average Bonchev–Trinajstić information content (AvgIpc) is 3.14. The molecule has 0 saturated heterocycles. The number of ketones is 2. The van der Waals surface area contributed by atoms with Gasteiger partial charge in [0.05, 0.1) is 12.0 Å². The van der Waals surface area contributed by atoms with Crippen LogP contribution >= 0.6 is 0 Å². The summed E-state index contributed by atoms with van der Waals surface area (Å²) in [5.74, 6) is -4.13. The second-order valence-electron chi connectivity index (χ2n) is 10.2. The summed E-state index contributed by atoms with van der Waals surface area (Å²) >= 11 is 0. The Morgan fingerprint density at radius 2 is 1.54 bits per heavy atom. The van der Waals surface area contributed by atoms with Crippen LogP contribution in [0.4, 0.5) is 0 Å². The van der Waals surface area contributed by atoms with Gasteiger partial charge >= 0.3 is 0 Å². The van der Waals surface area contributed by atoms with Crippen molar-refractivity contribution in [3.8, 4) is 0 Å². The van der Waals surface area contributed by atoms with Gasteiger partial charge in [0.1, 0.15) is 11.9 Å². The van der Waals surface area contributed by atoms with Gasteiger partial charge in [0.15, 0.2) is 11.6 Å². The van der Waals surface area contributed by atoms with Gasteiger partial charge in [0.2, 0.25) is 0 Å². The first-order valence-electron chi connectivity index (χ1n) is 10.6. The molecule has 0 aromatic heterocycles. The zero-order valence-corrected chi connectivity index (χ0v) is 17.9. The van der Waals surface area contributed by atoms with Crippen molar-refractivity contribution in [2.75, 3.05) is 0 Å². The van der Waals surface area contributed by atoms with Gasteiger partial charge in [-0.25, -0.2) is 0 Å². The lowest BCUT2D eigenvalue weighted by atomic mass is 9.72. The smallest absolute Gasteiger partial charge is 0.174 e. The minimum atomic E-state index is -2.13.